The van der Waals surface area contributed by atoms with Crippen molar-refractivity contribution >= 4 is 17.6 Å². The number of carbonyl (C=O) groups is 1. The predicted octanol–water partition coefficient (Wildman–Crippen LogP) is 2.70. The number of carboxylic acid groups (broad SMARTS) is 1. The van der Waals surface area contributed by atoms with Crippen LogP contribution in [0.15, 0.2) is 24.3 Å². The Bertz CT molecular complexity index is 731. The molecule has 0 amide bonds. The predicted molar refractivity (Wildman–Crippen MR) is 98.1 cm³/mol. The maximum Gasteiger partial charge on any atom is 0.305 e. The number of aliphatic carboxylic acids is 1. The van der Waals surface area contributed by atoms with Crippen LogP contribution in [0.5, 0.6) is 0 Å². The quantitative estimate of drug-likeness (QED) is 0.616. The van der Waals surface area contributed by atoms with Crippen molar-refractivity contribution in [3.63, 3.8) is 0 Å². The lowest BCUT2D eigenvalue weighted by molar-refractivity contribution is -0.139. The standard InChI is InChI=1S/C18H24ClN3O4/c1-11(2)22-16(8-7-14(23)9-15(24)10-17(25)26)18(20-21-22)12-3-5-13(19)6-4-12/h3-6,11,14-15,23-24H,7-10H2,1-2H3,(H,25,26). The molecule has 2 atom stereocenters. The Balaban J connectivity index is 2.13. The van der Waals surface area contributed by atoms with Gasteiger partial charge in [-0.3, -0.25) is 4.79 Å². The molecule has 0 saturated carbocycles. The highest BCUT2D eigenvalue weighted by molar-refractivity contribution is 6.30. The van der Waals surface area contributed by atoms with Crippen LogP contribution in [0.2, 0.25) is 5.02 Å². The summed E-state index contributed by atoms with van der Waals surface area (Å²) in [5.41, 5.74) is 2.50. The topological polar surface area (TPSA) is 108 Å². The largest absolute Gasteiger partial charge is 0.481 e. The van der Waals surface area contributed by atoms with Crippen LogP contribution in [0.3, 0.4) is 0 Å². The maximum absolute atomic E-state index is 10.6. The average molecular weight is 382 g/mol. The van der Waals surface area contributed by atoms with E-state index in [-0.39, 0.29) is 18.9 Å². The van der Waals surface area contributed by atoms with Gasteiger partial charge in [0.15, 0.2) is 0 Å². The van der Waals surface area contributed by atoms with Crippen molar-refractivity contribution in [1.82, 2.24) is 15.0 Å². The molecule has 1 heterocycles. The molecule has 1 aromatic carbocycles. The minimum Gasteiger partial charge on any atom is -0.481 e. The molecule has 0 spiro atoms. The van der Waals surface area contributed by atoms with Gasteiger partial charge < -0.3 is 15.3 Å². The highest BCUT2D eigenvalue weighted by Gasteiger charge is 2.20. The number of aliphatic hydroxyl groups excluding tert-OH is 2. The van der Waals surface area contributed by atoms with Crippen LogP contribution in [0.4, 0.5) is 0 Å². The summed E-state index contributed by atoms with van der Waals surface area (Å²) in [6, 6.07) is 7.41. The Labute approximate surface area is 157 Å². The van der Waals surface area contributed by atoms with Crippen LogP contribution in [-0.4, -0.2) is 48.5 Å². The minimum atomic E-state index is -1.09. The monoisotopic (exact) mass is 381 g/mol. The van der Waals surface area contributed by atoms with Crippen molar-refractivity contribution in [3.8, 4) is 11.3 Å². The fourth-order valence-corrected chi connectivity index (χ4v) is 2.94. The normalized spacial score (nSPS) is 13.8. The molecule has 2 aromatic rings. The van der Waals surface area contributed by atoms with E-state index in [1.807, 2.05) is 30.7 Å². The van der Waals surface area contributed by atoms with Gasteiger partial charge in [-0.05, 0) is 45.2 Å². The number of nitrogens with zero attached hydrogens (tertiary/aromatic N) is 3. The van der Waals surface area contributed by atoms with E-state index in [1.165, 1.54) is 0 Å². The first-order valence-corrected chi connectivity index (χ1v) is 8.93. The third-order valence-electron chi connectivity index (χ3n) is 4.07. The SMILES string of the molecule is CC(C)n1nnc(-c2ccc(Cl)cc2)c1CCC(O)CC(O)CC(=O)O. The molecule has 2 unspecified atom stereocenters. The molecule has 2 rings (SSSR count). The first-order chi connectivity index (χ1) is 12.3. The lowest BCUT2D eigenvalue weighted by atomic mass is 10.0. The van der Waals surface area contributed by atoms with E-state index in [1.54, 1.807) is 12.1 Å². The lowest BCUT2D eigenvalue weighted by Crippen LogP contribution is -2.21. The minimum absolute atomic E-state index is 0.0197. The second-order valence-corrected chi connectivity index (χ2v) is 7.05. The zero-order chi connectivity index (χ0) is 19.3. The summed E-state index contributed by atoms with van der Waals surface area (Å²) in [5, 5.41) is 37.6. The van der Waals surface area contributed by atoms with Crippen molar-refractivity contribution in [2.24, 2.45) is 0 Å². The zero-order valence-corrected chi connectivity index (χ0v) is 15.6. The number of benzene rings is 1. The Hall–Kier alpha value is -1.96. The Morgan fingerprint density at radius 1 is 1.19 bits per heavy atom. The molecule has 0 aliphatic rings. The Morgan fingerprint density at radius 2 is 1.85 bits per heavy atom. The molecule has 0 aliphatic carbocycles. The van der Waals surface area contributed by atoms with Crippen LogP contribution in [0.25, 0.3) is 11.3 Å². The van der Waals surface area contributed by atoms with Crippen LogP contribution in [0.1, 0.15) is 44.8 Å². The average Bonchev–Trinajstić information content (AvgIpc) is 2.96. The van der Waals surface area contributed by atoms with Gasteiger partial charge in [0.05, 0.1) is 24.3 Å². The molecule has 0 saturated heterocycles. The zero-order valence-electron chi connectivity index (χ0n) is 14.8. The molecule has 0 aliphatic heterocycles. The van der Waals surface area contributed by atoms with Crippen molar-refractivity contribution in [2.75, 3.05) is 0 Å². The van der Waals surface area contributed by atoms with Gasteiger partial charge in [-0.15, -0.1) is 5.10 Å². The van der Waals surface area contributed by atoms with E-state index in [2.05, 4.69) is 10.3 Å². The summed E-state index contributed by atoms with van der Waals surface area (Å²) in [5.74, 6) is -1.09. The smallest absolute Gasteiger partial charge is 0.305 e. The van der Waals surface area contributed by atoms with Gasteiger partial charge in [0.1, 0.15) is 5.69 Å². The molecular formula is C18H24ClN3O4. The Morgan fingerprint density at radius 3 is 2.42 bits per heavy atom. The van der Waals surface area contributed by atoms with Crippen LogP contribution < -0.4 is 0 Å². The summed E-state index contributed by atoms with van der Waals surface area (Å²) in [6.07, 6.45) is -1.35. The molecule has 142 valence electrons. The number of halogens is 1. The number of carboxylic acids is 1. The molecule has 8 heteroatoms. The van der Waals surface area contributed by atoms with E-state index in [9.17, 15) is 15.0 Å². The van der Waals surface area contributed by atoms with Crippen molar-refractivity contribution < 1.29 is 20.1 Å². The summed E-state index contributed by atoms with van der Waals surface area (Å²) < 4.78 is 1.81. The van der Waals surface area contributed by atoms with Gasteiger partial charge in [0.2, 0.25) is 0 Å². The maximum atomic E-state index is 10.6. The fraction of sp³-hybridized carbons (Fsp3) is 0.500. The fourth-order valence-electron chi connectivity index (χ4n) is 2.81. The summed E-state index contributed by atoms with van der Waals surface area (Å²) in [7, 11) is 0. The van der Waals surface area contributed by atoms with E-state index in [4.69, 9.17) is 16.7 Å². The molecule has 0 bridgehead atoms. The molecule has 26 heavy (non-hydrogen) atoms. The highest BCUT2D eigenvalue weighted by atomic mass is 35.5. The van der Waals surface area contributed by atoms with E-state index in [0.29, 0.717) is 17.9 Å². The third kappa shape index (κ3) is 5.52. The van der Waals surface area contributed by atoms with E-state index < -0.39 is 18.2 Å². The van der Waals surface area contributed by atoms with Gasteiger partial charge >= 0.3 is 5.97 Å². The van der Waals surface area contributed by atoms with Crippen molar-refractivity contribution in [1.29, 1.82) is 0 Å². The first kappa shape index (κ1) is 20.4. The van der Waals surface area contributed by atoms with E-state index >= 15 is 0 Å². The number of rotatable bonds is 9. The van der Waals surface area contributed by atoms with Crippen LogP contribution in [0, 0.1) is 0 Å². The third-order valence-corrected chi connectivity index (χ3v) is 4.32. The number of aromatic nitrogens is 3. The second kappa shape index (κ2) is 9.12. The molecule has 3 N–H and O–H groups in total. The van der Waals surface area contributed by atoms with E-state index in [0.717, 1.165) is 17.0 Å². The lowest BCUT2D eigenvalue weighted by Gasteiger charge is -2.16. The van der Waals surface area contributed by atoms with Gasteiger partial charge in [-0.1, -0.05) is 28.9 Å². The number of aliphatic hydroxyl groups is 2. The number of hydrogen-bond donors (Lipinski definition) is 3. The summed E-state index contributed by atoms with van der Waals surface area (Å²) >= 11 is 5.94. The molecule has 0 radical (unpaired) electrons. The first-order valence-electron chi connectivity index (χ1n) is 8.55. The van der Waals surface area contributed by atoms with Crippen molar-refractivity contribution in [3.05, 3.63) is 35.0 Å². The van der Waals surface area contributed by atoms with Crippen LogP contribution >= 0.6 is 11.6 Å². The summed E-state index contributed by atoms with van der Waals surface area (Å²) in [4.78, 5) is 10.6. The van der Waals surface area contributed by atoms with Gasteiger partial charge in [-0.2, -0.15) is 0 Å². The molecule has 0 fully saturated rings. The van der Waals surface area contributed by atoms with Gasteiger partial charge in [-0.25, -0.2) is 4.68 Å². The number of hydrogen-bond acceptors (Lipinski definition) is 5. The molecular weight excluding hydrogens is 358 g/mol. The van der Waals surface area contributed by atoms with Gasteiger partial charge in [0, 0.05) is 16.6 Å². The second-order valence-electron chi connectivity index (χ2n) is 6.61. The highest BCUT2D eigenvalue weighted by Crippen LogP contribution is 2.26. The van der Waals surface area contributed by atoms with Crippen molar-refractivity contribution in [2.45, 2.75) is 57.8 Å². The summed E-state index contributed by atoms with van der Waals surface area (Å²) in [6.45, 7) is 3.99. The van der Waals surface area contributed by atoms with Crippen LogP contribution in [-0.2, 0) is 11.2 Å². The molecule has 7 nitrogen and oxygen atoms in total. The molecule has 1 aromatic heterocycles. The van der Waals surface area contributed by atoms with Gasteiger partial charge in [0.25, 0.3) is 0 Å². The Kier molecular flexibility index (Phi) is 7.14.